The van der Waals surface area contributed by atoms with Gasteiger partial charge in [-0.1, -0.05) is 6.58 Å². The van der Waals surface area contributed by atoms with Crippen molar-refractivity contribution >= 4 is 22.0 Å². The molecule has 1 saturated carbocycles. The summed E-state index contributed by atoms with van der Waals surface area (Å²) in [4.78, 5) is 22.7. The molecule has 0 heterocycles. The molecule has 108 valence electrons. The maximum Gasteiger partial charge on any atom is 0.308 e. The minimum Gasteiger partial charge on any atom is -0.469 e. The average molecular weight is 291 g/mol. The lowest BCUT2D eigenvalue weighted by atomic mass is 9.85. The Morgan fingerprint density at radius 3 is 2.53 bits per heavy atom. The van der Waals surface area contributed by atoms with Crippen LogP contribution in [0.25, 0.3) is 0 Å². The molecule has 1 fully saturated rings. The maximum atomic E-state index is 11.5. The van der Waals surface area contributed by atoms with Crippen LogP contribution in [0.2, 0.25) is 0 Å². The zero-order valence-corrected chi connectivity index (χ0v) is 11.4. The molecule has 1 aliphatic carbocycles. The van der Waals surface area contributed by atoms with E-state index < -0.39 is 39.2 Å². The number of carbonyl (C=O) groups is 2. The summed E-state index contributed by atoms with van der Waals surface area (Å²) in [6, 6.07) is -0.835. The van der Waals surface area contributed by atoms with Gasteiger partial charge in [-0.25, -0.2) is 0 Å². The molecule has 8 heteroatoms. The molecule has 19 heavy (non-hydrogen) atoms. The SMILES string of the molecule is C=CC(=O)NC1CC(C(=O)OC)CCC1S(=O)(=O)O. The van der Waals surface area contributed by atoms with Crippen LogP contribution < -0.4 is 5.32 Å². The molecule has 2 N–H and O–H groups in total. The predicted octanol–water partition coefficient (Wildman–Crippen LogP) is -0.113. The van der Waals surface area contributed by atoms with Gasteiger partial charge in [0.25, 0.3) is 10.1 Å². The van der Waals surface area contributed by atoms with Crippen LogP contribution in [-0.4, -0.2) is 43.2 Å². The topological polar surface area (TPSA) is 110 Å². The van der Waals surface area contributed by atoms with Crippen LogP contribution in [0.15, 0.2) is 12.7 Å². The molecule has 7 nitrogen and oxygen atoms in total. The van der Waals surface area contributed by atoms with Gasteiger partial charge in [0.05, 0.1) is 13.0 Å². The van der Waals surface area contributed by atoms with Crippen molar-refractivity contribution in [2.75, 3.05) is 7.11 Å². The van der Waals surface area contributed by atoms with Crippen LogP contribution in [0.1, 0.15) is 19.3 Å². The van der Waals surface area contributed by atoms with Crippen molar-refractivity contribution in [2.24, 2.45) is 5.92 Å². The van der Waals surface area contributed by atoms with Gasteiger partial charge in [0.15, 0.2) is 0 Å². The van der Waals surface area contributed by atoms with Crippen molar-refractivity contribution in [1.29, 1.82) is 0 Å². The third-order valence-corrected chi connectivity index (χ3v) is 4.55. The third kappa shape index (κ3) is 4.03. The largest absolute Gasteiger partial charge is 0.469 e. The van der Waals surface area contributed by atoms with E-state index in [0.717, 1.165) is 6.08 Å². The summed E-state index contributed by atoms with van der Waals surface area (Å²) in [7, 11) is -3.04. The Hall–Kier alpha value is -1.41. The number of rotatable bonds is 4. The molecule has 0 aromatic rings. The van der Waals surface area contributed by atoms with Crippen LogP contribution in [0.3, 0.4) is 0 Å². The van der Waals surface area contributed by atoms with Crippen molar-refractivity contribution in [3.63, 3.8) is 0 Å². The van der Waals surface area contributed by atoms with Gasteiger partial charge in [-0.15, -0.1) is 0 Å². The van der Waals surface area contributed by atoms with E-state index >= 15 is 0 Å². The van der Waals surface area contributed by atoms with Crippen LogP contribution >= 0.6 is 0 Å². The quantitative estimate of drug-likeness (QED) is 0.425. The number of carbonyl (C=O) groups excluding carboxylic acids is 2. The Morgan fingerprint density at radius 1 is 1.42 bits per heavy atom. The number of hydrogen-bond donors (Lipinski definition) is 2. The van der Waals surface area contributed by atoms with E-state index in [1.54, 1.807) is 0 Å². The van der Waals surface area contributed by atoms with Gasteiger partial charge < -0.3 is 10.1 Å². The van der Waals surface area contributed by atoms with Crippen molar-refractivity contribution in [1.82, 2.24) is 5.32 Å². The van der Waals surface area contributed by atoms with Gasteiger partial charge in [-0.3, -0.25) is 14.1 Å². The molecule has 0 aromatic carbocycles. The van der Waals surface area contributed by atoms with Crippen LogP contribution in [0.4, 0.5) is 0 Å². The second-order valence-corrected chi connectivity index (χ2v) is 6.04. The number of nitrogens with one attached hydrogen (secondary N) is 1. The first kappa shape index (κ1) is 15.6. The van der Waals surface area contributed by atoms with E-state index in [1.165, 1.54) is 7.11 Å². The van der Waals surface area contributed by atoms with E-state index in [-0.39, 0.29) is 19.3 Å². The summed E-state index contributed by atoms with van der Waals surface area (Å²) < 4.78 is 36.3. The maximum absolute atomic E-state index is 11.5. The molecule has 1 aliphatic rings. The summed E-state index contributed by atoms with van der Waals surface area (Å²) in [5.41, 5.74) is 0. The highest BCUT2D eigenvalue weighted by Gasteiger charge is 2.41. The molecule has 0 bridgehead atoms. The number of methoxy groups -OCH3 is 1. The average Bonchev–Trinajstić information content (AvgIpc) is 2.36. The van der Waals surface area contributed by atoms with Crippen LogP contribution in [-0.2, 0) is 24.4 Å². The smallest absolute Gasteiger partial charge is 0.308 e. The number of ether oxygens (including phenoxy) is 1. The van der Waals surface area contributed by atoms with Crippen molar-refractivity contribution in [3.8, 4) is 0 Å². The summed E-state index contributed by atoms with van der Waals surface area (Å²) in [6.07, 6.45) is 1.48. The molecular weight excluding hydrogens is 274 g/mol. The monoisotopic (exact) mass is 291 g/mol. The molecule has 3 unspecified atom stereocenters. The van der Waals surface area contributed by atoms with E-state index in [4.69, 9.17) is 4.55 Å². The number of hydrogen-bond acceptors (Lipinski definition) is 5. The van der Waals surface area contributed by atoms with Gasteiger partial charge in [0.1, 0.15) is 5.25 Å². The van der Waals surface area contributed by atoms with Crippen LogP contribution in [0.5, 0.6) is 0 Å². The minimum atomic E-state index is -4.29. The second kappa shape index (κ2) is 6.16. The lowest BCUT2D eigenvalue weighted by Gasteiger charge is -2.33. The van der Waals surface area contributed by atoms with E-state index in [9.17, 15) is 18.0 Å². The van der Waals surface area contributed by atoms with Gasteiger partial charge in [0.2, 0.25) is 5.91 Å². The Balaban J connectivity index is 2.89. The summed E-state index contributed by atoms with van der Waals surface area (Å²) in [5, 5.41) is 1.32. The molecule has 0 radical (unpaired) electrons. The summed E-state index contributed by atoms with van der Waals surface area (Å²) in [6.45, 7) is 3.27. The van der Waals surface area contributed by atoms with Gasteiger partial charge in [-0.05, 0) is 25.3 Å². The zero-order chi connectivity index (χ0) is 14.6. The van der Waals surface area contributed by atoms with Crippen molar-refractivity contribution in [2.45, 2.75) is 30.6 Å². The molecule has 1 rings (SSSR count). The zero-order valence-electron chi connectivity index (χ0n) is 10.5. The lowest BCUT2D eigenvalue weighted by Crippen LogP contribution is -2.50. The first-order valence-corrected chi connectivity index (χ1v) is 7.27. The Bertz CT molecular complexity index is 472. The fourth-order valence-corrected chi connectivity index (χ4v) is 3.30. The van der Waals surface area contributed by atoms with E-state index in [1.807, 2.05) is 0 Å². The third-order valence-electron chi connectivity index (χ3n) is 3.22. The molecular formula is C11H17NO6S. The van der Waals surface area contributed by atoms with Crippen LogP contribution in [0, 0.1) is 5.92 Å². The molecule has 0 aliphatic heterocycles. The minimum absolute atomic E-state index is 0.0840. The van der Waals surface area contributed by atoms with Gasteiger partial charge in [-0.2, -0.15) is 8.42 Å². The van der Waals surface area contributed by atoms with E-state index in [2.05, 4.69) is 16.6 Å². The molecule has 0 saturated heterocycles. The highest BCUT2D eigenvalue weighted by molar-refractivity contribution is 7.86. The highest BCUT2D eigenvalue weighted by atomic mass is 32.2. The summed E-state index contributed by atoms with van der Waals surface area (Å²) >= 11 is 0. The van der Waals surface area contributed by atoms with Crippen molar-refractivity contribution in [3.05, 3.63) is 12.7 Å². The first-order valence-electron chi connectivity index (χ1n) is 5.76. The molecule has 3 atom stereocenters. The standard InChI is InChI=1S/C11H17NO6S/c1-3-10(13)12-8-6-7(11(14)18-2)4-5-9(8)19(15,16)17/h3,7-9H,1,4-6H2,2H3,(H,12,13)(H,15,16,17). The number of esters is 1. The molecule has 1 amide bonds. The fourth-order valence-electron chi connectivity index (χ4n) is 2.27. The van der Waals surface area contributed by atoms with E-state index in [0.29, 0.717) is 0 Å². The Kier molecular flexibility index (Phi) is 5.07. The highest BCUT2D eigenvalue weighted by Crippen LogP contribution is 2.29. The van der Waals surface area contributed by atoms with Gasteiger partial charge >= 0.3 is 5.97 Å². The number of amides is 1. The lowest BCUT2D eigenvalue weighted by molar-refractivity contribution is -0.147. The normalized spacial score (nSPS) is 27.4. The molecule has 0 aromatic heterocycles. The predicted molar refractivity (Wildman–Crippen MR) is 66.8 cm³/mol. The first-order chi connectivity index (χ1) is 8.79. The Labute approximate surface area is 111 Å². The summed E-state index contributed by atoms with van der Waals surface area (Å²) in [5.74, 6) is -1.49. The second-order valence-electron chi connectivity index (χ2n) is 4.41. The Morgan fingerprint density at radius 2 is 2.05 bits per heavy atom. The molecule has 0 spiro atoms. The fraction of sp³-hybridized carbons (Fsp3) is 0.636. The van der Waals surface area contributed by atoms with Gasteiger partial charge in [0, 0.05) is 6.04 Å². The van der Waals surface area contributed by atoms with Crippen molar-refractivity contribution < 1.29 is 27.3 Å².